The van der Waals surface area contributed by atoms with E-state index in [0.717, 1.165) is 29.9 Å². The van der Waals surface area contributed by atoms with Crippen LogP contribution in [0.3, 0.4) is 0 Å². The van der Waals surface area contributed by atoms with Gasteiger partial charge in [0, 0.05) is 32.9 Å². The van der Waals surface area contributed by atoms with Gasteiger partial charge in [-0.3, -0.25) is 9.58 Å². The lowest BCUT2D eigenvalue weighted by Gasteiger charge is -2.25. The Morgan fingerprint density at radius 3 is 2.52 bits per heavy atom. The Labute approximate surface area is 149 Å². The monoisotopic (exact) mass is 335 g/mol. The highest BCUT2D eigenvalue weighted by Gasteiger charge is 2.16. The lowest BCUT2D eigenvalue weighted by Crippen LogP contribution is -2.29. The van der Waals surface area contributed by atoms with Crippen LogP contribution in [-0.2, 0) is 20.1 Å². The molecule has 1 unspecified atom stereocenters. The number of benzene rings is 2. The van der Waals surface area contributed by atoms with Crippen LogP contribution in [0, 0.1) is 6.92 Å². The average molecular weight is 335 g/mol. The third kappa shape index (κ3) is 4.78. The van der Waals surface area contributed by atoms with E-state index >= 15 is 0 Å². The Morgan fingerprint density at radius 2 is 1.84 bits per heavy atom. The molecule has 4 heteroatoms. The molecule has 1 atom stereocenters. The van der Waals surface area contributed by atoms with Gasteiger partial charge in [0.2, 0.25) is 0 Å². The molecule has 0 radical (unpaired) electrons. The highest BCUT2D eigenvalue weighted by molar-refractivity contribution is 5.24. The first-order chi connectivity index (χ1) is 12.1. The van der Waals surface area contributed by atoms with Gasteiger partial charge in [-0.15, -0.1) is 0 Å². The Hall–Kier alpha value is -2.43. The third-order valence-electron chi connectivity index (χ3n) is 4.42. The largest absolute Gasteiger partial charge is 0.387 e. The second kappa shape index (κ2) is 8.10. The van der Waals surface area contributed by atoms with Crippen molar-refractivity contribution in [2.45, 2.75) is 26.1 Å². The highest BCUT2D eigenvalue weighted by atomic mass is 16.3. The van der Waals surface area contributed by atoms with Crippen LogP contribution in [0.2, 0.25) is 0 Å². The first-order valence-electron chi connectivity index (χ1n) is 8.59. The van der Waals surface area contributed by atoms with E-state index in [1.54, 1.807) is 0 Å². The molecule has 1 heterocycles. The van der Waals surface area contributed by atoms with Gasteiger partial charge in [-0.2, -0.15) is 5.10 Å². The van der Waals surface area contributed by atoms with Crippen molar-refractivity contribution in [1.29, 1.82) is 0 Å². The predicted octanol–water partition coefficient (Wildman–Crippen LogP) is 3.46. The van der Waals surface area contributed by atoms with Crippen LogP contribution in [0.25, 0.3) is 0 Å². The van der Waals surface area contributed by atoms with Crippen molar-refractivity contribution in [3.63, 3.8) is 0 Å². The lowest BCUT2D eigenvalue weighted by molar-refractivity contribution is 0.103. The topological polar surface area (TPSA) is 41.3 Å². The first kappa shape index (κ1) is 17.4. The molecule has 0 aliphatic rings. The quantitative estimate of drug-likeness (QED) is 0.719. The van der Waals surface area contributed by atoms with Gasteiger partial charge in [0.15, 0.2) is 0 Å². The summed E-state index contributed by atoms with van der Waals surface area (Å²) in [6, 6.07) is 20.5. The molecule has 25 heavy (non-hydrogen) atoms. The van der Waals surface area contributed by atoms with Crippen molar-refractivity contribution in [1.82, 2.24) is 14.7 Å². The smallest absolute Gasteiger partial charge is 0.0917 e. The number of hydrogen-bond acceptors (Lipinski definition) is 3. The van der Waals surface area contributed by atoms with Gasteiger partial charge in [-0.1, -0.05) is 60.2 Å². The minimum atomic E-state index is -0.517. The SMILES string of the molecule is Cc1cccc(C(O)CN(Cc2ccccc2)Cc2ccnn2C)c1. The van der Waals surface area contributed by atoms with Crippen molar-refractivity contribution in [2.75, 3.05) is 6.54 Å². The van der Waals surface area contributed by atoms with Crippen molar-refractivity contribution >= 4 is 0 Å². The van der Waals surface area contributed by atoms with E-state index in [1.807, 2.05) is 55.2 Å². The zero-order valence-corrected chi connectivity index (χ0v) is 14.8. The Kier molecular flexibility index (Phi) is 5.64. The van der Waals surface area contributed by atoms with Gasteiger partial charge >= 0.3 is 0 Å². The van der Waals surface area contributed by atoms with Crippen LogP contribution >= 0.6 is 0 Å². The molecule has 0 aliphatic heterocycles. The zero-order chi connectivity index (χ0) is 17.6. The molecule has 0 amide bonds. The Balaban J connectivity index is 1.76. The van der Waals surface area contributed by atoms with Crippen molar-refractivity contribution in [3.05, 3.63) is 89.2 Å². The molecule has 1 aromatic heterocycles. The van der Waals surface area contributed by atoms with Crippen LogP contribution in [-0.4, -0.2) is 26.3 Å². The Morgan fingerprint density at radius 1 is 1.04 bits per heavy atom. The van der Waals surface area contributed by atoms with Gasteiger partial charge in [0.1, 0.15) is 0 Å². The molecule has 1 N–H and O–H groups in total. The molecular weight excluding hydrogens is 310 g/mol. The number of nitrogens with zero attached hydrogens (tertiary/aromatic N) is 3. The van der Waals surface area contributed by atoms with E-state index in [1.165, 1.54) is 5.56 Å². The number of rotatable bonds is 7. The zero-order valence-electron chi connectivity index (χ0n) is 14.8. The minimum Gasteiger partial charge on any atom is -0.387 e. The maximum Gasteiger partial charge on any atom is 0.0917 e. The molecule has 0 saturated heterocycles. The molecule has 3 aromatic rings. The first-order valence-corrected chi connectivity index (χ1v) is 8.59. The molecule has 4 nitrogen and oxygen atoms in total. The van der Waals surface area contributed by atoms with E-state index in [0.29, 0.717) is 6.54 Å². The van der Waals surface area contributed by atoms with Crippen molar-refractivity contribution < 1.29 is 5.11 Å². The fourth-order valence-electron chi connectivity index (χ4n) is 3.04. The van der Waals surface area contributed by atoms with Crippen molar-refractivity contribution in [3.8, 4) is 0 Å². The molecule has 3 rings (SSSR count). The van der Waals surface area contributed by atoms with Gasteiger partial charge in [0.25, 0.3) is 0 Å². The summed E-state index contributed by atoms with van der Waals surface area (Å²) < 4.78 is 1.89. The van der Waals surface area contributed by atoms with E-state index in [2.05, 4.69) is 40.3 Å². The number of aromatic nitrogens is 2. The van der Waals surface area contributed by atoms with E-state index in [9.17, 15) is 5.11 Å². The number of hydrogen-bond donors (Lipinski definition) is 1. The fourth-order valence-corrected chi connectivity index (χ4v) is 3.04. The Bertz CT molecular complexity index is 798. The summed E-state index contributed by atoms with van der Waals surface area (Å²) in [6.45, 7) is 4.15. The molecule has 0 aliphatic carbocycles. The number of aryl methyl sites for hydroxylation is 2. The fraction of sp³-hybridized carbons (Fsp3) is 0.286. The molecule has 0 fully saturated rings. The summed E-state index contributed by atoms with van der Waals surface area (Å²) in [6.07, 6.45) is 1.30. The van der Waals surface area contributed by atoms with Crippen LogP contribution in [0.1, 0.15) is 28.5 Å². The molecule has 2 aromatic carbocycles. The lowest BCUT2D eigenvalue weighted by atomic mass is 10.1. The highest BCUT2D eigenvalue weighted by Crippen LogP contribution is 2.18. The van der Waals surface area contributed by atoms with Crippen LogP contribution in [0.5, 0.6) is 0 Å². The molecular formula is C21H25N3O. The summed E-state index contributed by atoms with van der Waals surface area (Å²) in [4.78, 5) is 2.26. The normalized spacial score (nSPS) is 12.5. The summed E-state index contributed by atoms with van der Waals surface area (Å²) in [5.41, 5.74) is 4.49. The van der Waals surface area contributed by atoms with Gasteiger partial charge < -0.3 is 5.11 Å². The summed E-state index contributed by atoms with van der Waals surface area (Å²) in [5.74, 6) is 0. The number of aliphatic hydroxyl groups excluding tert-OH is 1. The van der Waals surface area contributed by atoms with Crippen LogP contribution < -0.4 is 0 Å². The maximum atomic E-state index is 10.7. The van der Waals surface area contributed by atoms with Gasteiger partial charge in [0.05, 0.1) is 11.8 Å². The van der Waals surface area contributed by atoms with Gasteiger partial charge in [-0.05, 0) is 24.1 Å². The van der Waals surface area contributed by atoms with E-state index in [-0.39, 0.29) is 0 Å². The van der Waals surface area contributed by atoms with Crippen LogP contribution in [0.15, 0.2) is 66.9 Å². The maximum absolute atomic E-state index is 10.7. The molecule has 0 bridgehead atoms. The van der Waals surface area contributed by atoms with Gasteiger partial charge in [-0.25, -0.2) is 0 Å². The predicted molar refractivity (Wildman–Crippen MR) is 99.9 cm³/mol. The van der Waals surface area contributed by atoms with Crippen LogP contribution in [0.4, 0.5) is 0 Å². The summed E-state index contributed by atoms with van der Waals surface area (Å²) in [7, 11) is 1.95. The second-order valence-electron chi connectivity index (χ2n) is 6.53. The third-order valence-corrected chi connectivity index (χ3v) is 4.42. The molecule has 130 valence electrons. The summed E-state index contributed by atoms with van der Waals surface area (Å²) in [5, 5.41) is 15.0. The van der Waals surface area contributed by atoms with E-state index < -0.39 is 6.10 Å². The standard InChI is InChI=1S/C21H25N3O/c1-17-7-6-10-19(13-17)21(25)16-24(14-18-8-4-3-5-9-18)15-20-11-12-22-23(20)2/h3-13,21,25H,14-16H2,1-2H3. The second-order valence-corrected chi connectivity index (χ2v) is 6.53. The van der Waals surface area contributed by atoms with E-state index in [4.69, 9.17) is 0 Å². The number of aliphatic hydroxyl groups is 1. The minimum absolute atomic E-state index is 0.517. The summed E-state index contributed by atoms with van der Waals surface area (Å²) >= 11 is 0. The average Bonchev–Trinajstić information content (AvgIpc) is 3.00. The molecule has 0 saturated carbocycles. The van der Waals surface area contributed by atoms with Crippen molar-refractivity contribution in [2.24, 2.45) is 7.05 Å². The molecule has 0 spiro atoms.